The highest BCUT2D eigenvalue weighted by atomic mass is 16.5. The highest BCUT2D eigenvalue weighted by Gasteiger charge is 2.17. The third-order valence-electron chi connectivity index (χ3n) is 5.54. The molecule has 0 radical (unpaired) electrons. The molecule has 1 N–H and O–H groups in total. The van der Waals surface area contributed by atoms with Crippen LogP contribution in [0.15, 0.2) is 67.0 Å². The van der Waals surface area contributed by atoms with Crippen LogP contribution in [0.1, 0.15) is 37.5 Å². The summed E-state index contributed by atoms with van der Waals surface area (Å²) in [5.41, 5.74) is 6.67. The van der Waals surface area contributed by atoms with E-state index in [1.807, 2.05) is 48.8 Å². The Morgan fingerprint density at radius 3 is 2.42 bits per heavy atom. The summed E-state index contributed by atoms with van der Waals surface area (Å²) in [7, 11) is 1.67. The lowest BCUT2D eigenvalue weighted by Gasteiger charge is -2.20. The number of hydrogen-bond acceptors (Lipinski definition) is 3. The van der Waals surface area contributed by atoms with E-state index >= 15 is 0 Å². The second-order valence-corrected chi connectivity index (χ2v) is 8.87. The zero-order chi connectivity index (χ0) is 22.0. The van der Waals surface area contributed by atoms with Crippen LogP contribution in [0.2, 0.25) is 0 Å². The van der Waals surface area contributed by atoms with Crippen LogP contribution < -0.4 is 14.5 Å². The van der Waals surface area contributed by atoms with Gasteiger partial charge in [-0.1, -0.05) is 51.1 Å². The highest BCUT2D eigenvalue weighted by Crippen LogP contribution is 2.33. The van der Waals surface area contributed by atoms with Crippen molar-refractivity contribution in [2.75, 3.05) is 7.11 Å². The van der Waals surface area contributed by atoms with E-state index < -0.39 is 0 Å². The van der Waals surface area contributed by atoms with Crippen molar-refractivity contribution in [1.82, 2.24) is 4.98 Å². The molecule has 2 aromatic carbocycles. The molecule has 4 nitrogen and oxygen atoms in total. The molecule has 2 heterocycles. The summed E-state index contributed by atoms with van der Waals surface area (Å²) in [5.74, 6) is 1.65. The van der Waals surface area contributed by atoms with Crippen molar-refractivity contribution in [1.29, 1.82) is 0 Å². The Morgan fingerprint density at radius 1 is 0.968 bits per heavy atom. The van der Waals surface area contributed by atoms with Crippen molar-refractivity contribution in [3.05, 3.63) is 83.7 Å². The number of aromatic amines is 1. The Bertz CT molecular complexity index is 1210. The van der Waals surface area contributed by atoms with E-state index in [0.29, 0.717) is 6.61 Å². The van der Waals surface area contributed by atoms with Crippen LogP contribution in [0.5, 0.6) is 11.5 Å². The summed E-state index contributed by atoms with van der Waals surface area (Å²) in [5, 5.41) is 0.962. The molecule has 158 valence electrons. The molecule has 0 aliphatic heterocycles. The van der Waals surface area contributed by atoms with E-state index in [-0.39, 0.29) is 5.41 Å². The van der Waals surface area contributed by atoms with Gasteiger partial charge in [-0.15, -0.1) is 0 Å². The Hall–Kier alpha value is -3.40. The maximum absolute atomic E-state index is 6.26. The molecule has 0 amide bonds. The highest BCUT2D eigenvalue weighted by molar-refractivity contribution is 5.87. The summed E-state index contributed by atoms with van der Waals surface area (Å²) in [4.78, 5) is 8.07. The second kappa shape index (κ2) is 8.38. The predicted octanol–water partition coefficient (Wildman–Crippen LogP) is 5.91. The Labute approximate surface area is 183 Å². The number of aryl methyl sites for hydroxylation is 1. The Morgan fingerprint density at radius 2 is 1.74 bits per heavy atom. The smallest absolute Gasteiger partial charge is 0.180 e. The number of aromatic nitrogens is 2. The van der Waals surface area contributed by atoms with Crippen LogP contribution in [-0.4, -0.2) is 12.1 Å². The van der Waals surface area contributed by atoms with Gasteiger partial charge >= 0.3 is 0 Å². The number of nitrogens with one attached hydrogen (secondary N) is 1. The van der Waals surface area contributed by atoms with Crippen LogP contribution in [0.25, 0.3) is 22.2 Å². The number of pyridine rings is 2. The second-order valence-electron chi connectivity index (χ2n) is 8.87. The van der Waals surface area contributed by atoms with Crippen molar-refractivity contribution in [3.63, 3.8) is 0 Å². The molecular weight excluding hydrogens is 384 g/mol. The van der Waals surface area contributed by atoms with Gasteiger partial charge in [0.25, 0.3) is 0 Å². The number of hydrogen-bond donors (Lipinski definition) is 0. The molecule has 4 aromatic rings. The minimum absolute atomic E-state index is 0.114. The molecule has 0 aliphatic carbocycles. The van der Waals surface area contributed by atoms with E-state index in [1.165, 1.54) is 11.1 Å². The van der Waals surface area contributed by atoms with Gasteiger partial charge in [-0.25, -0.2) is 9.97 Å². The topological polar surface area (TPSA) is 45.5 Å². The van der Waals surface area contributed by atoms with E-state index in [0.717, 1.165) is 39.2 Å². The van der Waals surface area contributed by atoms with Crippen LogP contribution in [0.4, 0.5) is 0 Å². The first kappa shape index (κ1) is 20.9. The van der Waals surface area contributed by atoms with Crippen LogP contribution in [0.3, 0.4) is 0 Å². The average molecular weight is 414 g/mol. The van der Waals surface area contributed by atoms with Crippen molar-refractivity contribution >= 4 is 10.9 Å². The first-order valence-electron chi connectivity index (χ1n) is 10.5. The number of benzene rings is 2. The molecule has 0 unspecified atom stereocenters. The van der Waals surface area contributed by atoms with Gasteiger partial charge in [-0.3, -0.25) is 0 Å². The largest absolute Gasteiger partial charge is 0.497 e. The molecule has 2 aromatic heterocycles. The third-order valence-corrected chi connectivity index (χ3v) is 5.54. The molecule has 4 rings (SSSR count). The molecule has 0 saturated heterocycles. The number of H-pyrrole nitrogens is 1. The molecule has 0 bridgehead atoms. The van der Waals surface area contributed by atoms with E-state index in [9.17, 15) is 0 Å². The van der Waals surface area contributed by atoms with Gasteiger partial charge in [0.2, 0.25) is 0 Å². The van der Waals surface area contributed by atoms with Crippen molar-refractivity contribution in [2.24, 2.45) is 0 Å². The van der Waals surface area contributed by atoms with Crippen LogP contribution in [0, 0.1) is 6.92 Å². The quantitative estimate of drug-likeness (QED) is 0.409. The van der Waals surface area contributed by atoms with Crippen LogP contribution >= 0.6 is 0 Å². The zero-order valence-corrected chi connectivity index (χ0v) is 18.8. The van der Waals surface area contributed by atoms with E-state index in [4.69, 9.17) is 14.5 Å². The maximum Gasteiger partial charge on any atom is 0.180 e. The standard InChI is InChI=1S/C27H28N2O2/c1-18-14-20(27(2,3)4)8-11-22(18)25-15-26(23-16-28-13-12-24(23)29-25)31-17-19-6-9-21(30-5)10-7-19/h6-16H,17H2,1-5H3/p+1. The molecular formula is C27H29N2O2+. The number of ether oxygens (including phenoxy) is 2. The first-order chi connectivity index (χ1) is 14.8. The van der Waals surface area contributed by atoms with Crippen LogP contribution in [-0.2, 0) is 12.0 Å². The number of fused-ring (bicyclic) bond motifs is 1. The minimum atomic E-state index is 0.114. The number of rotatable bonds is 5. The monoisotopic (exact) mass is 413 g/mol. The molecule has 0 saturated carbocycles. The van der Waals surface area contributed by atoms with Gasteiger partial charge in [0.15, 0.2) is 12.4 Å². The van der Waals surface area contributed by atoms with Crippen molar-refractivity contribution in [2.45, 2.75) is 39.7 Å². The van der Waals surface area contributed by atoms with Crippen molar-refractivity contribution < 1.29 is 14.5 Å². The summed E-state index contributed by atoms with van der Waals surface area (Å²) in [6.45, 7) is 9.32. The van der Waals surface area contributed by atoms with Crippen molar-refractivity contribution in [3.8, 4) is 22.8 Å². The Kier molecular flexibility index (Phi) is 5.64. The minimum Gasteiger partial charge on any atom is -0.497 e. The van der Waals surface area contributed by atoms with Gasteiger partial charge in [0.05, 0.1) is 18.3 Å². The summed E-state index contributed by atoms with van der Waals surface area (Å²) < 4.78 is 11.5. The lowest BCUT2D eigenvalue weighted by Crippen LogP contribution is -2.11. The number of nitrogens with zero attached hydrogens (tertiary/aromatic N) is 1. The molecule has 4 heteroatoms. The van der Waals surface area contributed by atoms with E-state index in [2.05, 4.69) is 50.9 Å². The van der Waals surface area contributed by atoms with Gasteiger partial charge in [0, 0.05) is 17.7 Å². The summed E-state index contributed by atoms with van der Waals surface area (Å²) >= 11 is 0. The fraction of sp³-hybridized carbons (Fsp3) is 0.259. The summed E-state index contributed by atoms with van der Waals surface area (Å²) in [6, 6.07) is 18.6. The lowest BCUT2D eigenvalue weighted by atomic mass is 9.85. The fourth-order valence-electron chi connectivity index (χ4n) is 3.64. The van der Waals surface area contributed by atoms with Gasteiger partial charge < -0.3 is 9.47 Å². The SMILES string of the molecule is COc1ccc(COc2cc(-c3ccc(C(C)(C)C)cc3C)nc3cc[nH+]cc23)cc1. The molecule has 0 atom stereocenters. The predicted molar refractivity (Wildman–Crippen MR) is 124 cm³/mol. The molecule has 0 spiro atoms. The molecule has 31 heavy (non-hydrogen) atoms. The fourth-order valence-corrected chi connectivity index (χ4v) is 3.64. The van der Waals surface area contributed by atoms with Gasteiger partial charge in [-0.05, 0) is 41.2 Å². The molecule has 0 aliphatic rings. The molecule has 0 fully saturated rings. The van der Waals surface area contributed by atoms with Gasteiger partial charge in [-0.2, -0.15) is 0 Å². The van der Waals surface area contributed by atoms with E-state index in [1.54, 1.807) is 7.11 Å². The maximum atomic E-state index is 6.26. The average Bonchev–Trinajstić information content (AvgIpc) is 2.77. The summed E-state index contributed by atoms with van der Waals surface area (Å²) in [6.07, 6.45) is 3.83. The first-order valence-corrected chi connectivity index (χ1v) is 10.5. The number of methoxy groups -OCH3 is 1. The Balaban J connectivity index is 1.71. The normalized spacial score (nSPS) is 11.5. The zero-order valence-electron chi connectivity index (χ0n) is 18.8. The lowest BCUT2D eigenvalue weighted by molar-refractivity contribution is -0.375. The van der Waals surface area contributed by atoms with Gasteiger partial charge in [0.1, 0.15) is 23.5 Å². The third kappa shape index (κ3) is 4.53.